The number of rotatable bonds is 5. The molecular weight excluding hydrogens is 350 g/mol. The van der Waals surface area contributed by atoms with Crippen molar-refractivity contribution in [1.82, 2.24) is 9.78 Å². The van der Waals surface area contributed by atoms with Gasteiger partial charge in [-0.3, -0.25) is 9.59 Å². The number of halogens is 1. The van der Waals surface area contributed by atoms with Crippen molar-refractivity contribution in [1.29, 1.82) is 0 Å². The fraction of sp³-hybridized carbons (Fsp3) is 0.150. The fourth-order valence-corrected chi connectivity index (χ4v) is 2.94. The summed E-state index contributed by atoms with van der Waals surface area (Å²) >= 11 is 6.04. The number of aromatic nitrogens is 2. The Morgan fingerprint density at radius 1 is 1.15 bits per heavy atom. The van der Waals surface area contributed by atoms with Crippen molar-refractivity contribution < 1.29 is 4.79 Å². The largest absolute Gasteiger partial charge is 0.350 e. The maximum absolute atomic E-state index is 12.9. The van der Waals surface area contributed by atoms with Crippen molar-refractivity contribution in [3.05, 3.63) is 75.5 Å². The van der Waals surface area contributed by atoms with Gasteiger partial charge < -0.3 is 5.32 Å². The summed E-state index contributed by atoms with van der Waals surface area (Å²) in [6, 6.07) is 16.3. The fourth-order valence-electron chi connectivity index (χ4n) is 2.75. The monoisotopic (exact) mass is 367 g/mol. The Bertz CT molecular complexity index is 1010. The van der Waals surface area contributed by atoms with Gasteiger partial charge in [0.25, 0.3) is 5.56 Å². The van der Waals surface area contributed by atoms with Gasteiger partial charge >= 0.3 is 0 Å². The number of nitrogens with zero attached hydrogens (tertiary/aromatic N) is 2. The third kappa shape index (κ3) is 3.53. The van der Waals surface area contributed by atoms with Crippen LogP contribution in [-0.4, -0.2) is 15.6 Å². The zero-order chi connectivity index (χ0) is 18.7. The standard InChI is InChI=1S/C20H18ClN3O2/c1-3-24-20(26)19(22-16-11-7-10-15(21)12-16)17(13(2)25)18(23-24)14-8-5-4-6-9-14/h4-12,22H,3H2,1-2H3. The van der Waals surface area contributed by atoms with Gasteiger partial charge in [0.2, 0.25) is 0 Å². The smallest absolute Gasteiger partial charge is 0.291 e. The summed E-state index contributed by atoms with van der Waals surface area (Å²) < 4.78 is 1.35. The van der Waals surface area contributed by atoms with E-state index in [1.54, 1.807) is 24.3 Å². The van der Waals surface area contributed by atoms with E-state index in [1.807, 2.05) is 37.3 Å². The molecule has 3 aromatic rings. The van der Waals surface area contributed by atoms with Gasteiger partial charge in [-0.05, 0) is 32.0 Å². The maximum atomic E-state index is 12.9. The van der Waals surface area contributed by atoms with Gasteiger partial charge in [0.1, 0.15) is 11.4 Å². The third-order valence-electron chi connectivity index (χ3n) is 3.95. The van der Waals surface area contributed by atoms with E-state index in [1.165, 1.54) is 11.6 Å². The third-order valence-corrected chi connectivity index (χ3v) is 4.18. The van der Waals surface area contributed by atoms with Crippen LogP contribution in [0.1, 0.15) is 24.2 Å². The Kier molecular flexibility index (Phi) is 5.19. The van der Waals surface area contributed by atoms with E-state index in [4.69, 9.17) is 11.6 Å². The zero-order valence-electron chi connectivity index (χ0n) is 14.5. The molecular formula is C20H18ClN3O2. The minimum Gasteiger partial charge on any atom is -0.350 e. The van der Waals surface area contributed by atoms with Crippen LogP contribution in [0.5, 0.6) is 0 Å². The van der Waals surface area contributed by atoms with Crippen LogP contribution >= 0.6 is 11.6 Å². The molecule has 6 heteroatoms. The number of benzene rings is 2. The van der Waals surface area contributed by atoms with Crippen LogP contribution in [0.2, 0.25) is 5.02 Å². The van der Waals surface area contributed by atoms with E-state index in [9.17, 15) is 9.59 Å². The van der Waals surface area contributed by atoms with Gasteiger partial charge in [0, 0.05) is 22.8 Å². The van der Waals surface area contributed by atoms with Gasteiger partial charge in [0.15, 0.2) is 5.78 Å². The number of hydrogen-bond acceptors (Lipinski definition) is 4. The zero-order valence-corrected chi connectivity index (χ0v) is 15.2. The van der Waals surface area contributed by atoms with Gasteiger partial charge in [0.05, 0.1) is 5.56 Å². The van der Waals surface area contributed by atoms with Crippen molar-refractivity contribution in [2.75, 3.05) is 5.32 Å². The number of hydrogen-bond donors (Lipinski definition) is 1. The lowest BCUT2D eigenvalue weighted by atomic mass is 10.0. The van der Waals surface area contributed by atoms with Crippen LogP contribution in [0.3, 0.4) is 0 Å². The van der Waals surface area contributed by atoms with Crippen LogP contribution in [-0.2, 0) is 6.54 Å². The summed E-state index contributed by atoms with van der Waals surface area (Å²) in [5, 5.41) is 8.02. The summed E-state index contributed by atoms with van der Waals surface area (Å²) in [5.41, 5.74) is 2.00. The normalized spacial score (nSPS) is 10.6. The number of ketones is 1. The first-order valence-electron chi connectivity index (χ1n) is 8.25. The number of aryl methyl sites for hydroxylation is 1. The number of carbonyl (C=O) groups is 1. The van der Waals surface area contributed by atoms with E-state index in [-0.39, 0.29) is 22.6 Å². The van der Waals surface area contributed by atoms with Crippen LogP contribution in [0.15, 0.2) is 59.4 Å². The van der Waals surface area contributed by atoms with E-state index < -0.39 is 0 Å². The topological polar surface area (TPSA) is 64.0 Å². The summed E-state index contributed by atoms with van der Waals surface area (Å²) in [7, 11) is 0. The molecule has 1 heterocycles. The highest BCUT2D eigenvalue weighted by atomic mass is 35.5. The first-order chi connectivity index (χ1) is 12.5. The van der Waals surface area contributed by atoms with Crippen LogP contribution in [0.4, 0.5) is 11.4 Å². The molecule has 1 N–H and O–H groups in total. The lowest BCUT2D eigenvalue weighted by Gasteiger charge is -2.16. The molecule has 5 nitrogen and oxygen atoms in total. The van der Waals surface area contributed by atoms with Crippen molar-refractivity contribution in [2.45, 2.75) is 20.4 Å². The molecule has 3 rings (SSSR count). The lowest BCUT2D eigenvalue weighted by molar-refractivity contribution is 0.101. The molecule has 0 amide bonds. The Labute approximate surface area is 156 Å². The lowest BCUT2D eigenvalue weighted by Crippen LogP contribution is -2.28. The molecule has 0 radical (unpaired) electrons. The number of nitrogens with one attached hydrogen (secondary N) is 1. The molecule has 0 aliphatic carbocycles. The van der Waals surface area contributed by atoms with Gasteiger partial charge in [-0.2, -0.15) is 5.10 Å². The second-order valence-corrected chi connectivity index (χ2v) is 6.21. The quantitative estimate of drug-likeness (QED) is 0.673. The molecule has 0 unspecified atom stereocenters. The Balaban J connectivity index is 2.27. The second-order valence-electron chi connectivity index (χ2n) is 5.78. The average molecular weight is 368 g/mol. The van der Waals surface area contributed by atoms with Crippen LogP contribution in [0.25, 0.3) is 11.3 Å². The molecule has 132 valence electrons. The summed E-state index contributed by atoms with van der Waals surface area (Å²) in [4.78, 5) is 25.3. The highest BCUT2D eigenvalue weighted by molar-refractivity contribution is 6.30. The SMILES string of the molecule is CCn1nc(-c2ccccc2)c(C(C)=O)c(Nc2cccc(Cl)c2)c1=O. The van der Waals surface area contributed by atoms with E-state index >= 15 is 0 Å². The minimum atomic E-state index is -0.350. The summed E-state index contributed by atoms with van der Waals surface area (Å²) in [6.07, 6.45) is 0. The predicted octanol–water partition coefficient (Wildman–Crippen LogP) is 4.53. The van der Waals surface area contributed by atoms with Crippen LogP contribution in [0, 0.1) is 0 Å². The van der Waals surface area contributed by atoms with Crippen molar-refractivity contribution >= 4 is 28.8 Å². The molecule has 0 saturated carbocycles. The Morgan fingerprint density at radius 3 is 2.50 bits per heavy atom. The number of anilines is 2. The van der Waals surface area contributed by atoms with Gasteiger partial charge in [-0.25, -0.2) is 4.68 Å². The average Bonchev–Trinajstić information content (AvgIpc) is 2.63. The molecule has 0 aliphatic heterocycles. The van der Waals surface area contributed by atoms with Crippen molar-refractivity contribution in [3.8, 4) is 11.3 Å². The van der Waals surface area contributed by atoms with Crippen molar-refractivity contribution in [3.63, 3.8) is 0 Å². The molecule has 0 spiro atoms. The first kappa shape index (κ1) is 17.9. The Hall–Kier alpha value is -2.92. The number of Topliss-reactive ketones (excluding diaryl/α,β-unsaturated/α-hetero) is 1. The summed E-state index contributed by atoms with van der Waals surface area (Å²) in [5.74, 6) is -0.235. The molecule has 1 aromatic heterocycles. The highest BCUT2D eigenvalue weighted by Gasteiger charge is 2.21. The molecule has 2 aromatic carbocycles. The van der Waals surface area contributed by atoms with E-state index in [0.717, 1.165) is 5.56 Å². The summed E-state index contributed by atoms with van der Waals surface area (Å²) in [6.45, 7) is 3.66. The van der Waals surface area contributed by atoms with Gasteiger partial charge in [-0.15, -0.1) is 0 Å². The molecule has 0 aliphatic rings. The highest BCUT2D eigenvalue weighted by Crippen LogP contribution is 2.28. The van der Waals surface area contributed by atoms with E-state index in [0.29, 0.717) is 22.9 Å². The van der Waals surface area contributed by atoms with E-state index in [2.05, 4.69) is 10.4 Å². The molecule has 0 atom stereocenters. The van der Waals surface area contributed by atoms with Crippen molar-refractivity contribution in [2.24, 2.45) is 0 Å². The second kappa shape index (κ2) is 7.54. The predicted molar refractivity (Wildman–Crippen MR) is 104 cm³/mol. The molecule has 26 heavy (non-hydrogen) atoms. The molecule has 0 saturated heterocycles. The maximum Gasteiger partial charge on any atom is 0.291 e. The molecule has 0 bridgehead atoms. The Morgan fingerprint density at radius 2 is 1.88 bits per heavy atom. The minimum absolute atomic E-state index is 0.204. The number of carbonyl (C=O) groups excluding carboxylic acids is 1. The molecule has 0 fully saturated rings. The van der Waals surface area contributed by atoms with Gasteiger partial charge in [-0.1, -0.05) is 48.0 Å². The first-order valence-corrected chi connectivity index (χ1v) is 8.63. The van der Waals surface area contributed by atoms with Crippen LogP contribution < -0.4 is 10.9 Å².